The molecule has 0 aliphatic heterocycles. The monoisotopic (exact) mass is 296 g/mol. The van der Waals surface area contributed by atoms with Gasteiger partial charge in [0.1, 0.15) is 0 Å². The molecule has 2 N–H and O–H groups in total. The Morgan fingerprint density at radius 3 is 2.24 bits per heavy atom. The Kier molecular flexibility index (Phi) is 3.57. The number of nitrogen functional groups attached to an aromatic ring is 1. The number of pyridine rings is 1. The number of hydrogen-bond donors (Lipinski definition) is 1. The van der Waals surface area contributed by atoms with Gasteiger partial charge in [0.05, 0.1) is 11.3 Å². The number of hydrogen-bond acceptors (Lipinski definition) is 2. The highest BCUT2D eigenvalue weighted by molar-refractivity contribution is 5.52. The fourth-order valence-electron chi connectivity index (χ4n) is 2.46. The fraction of sp³-hybridized carbons (Fsp3) is 0.267. The quantitative estimate of drug-likeness (QED) is 0.820. The zero-order chi connectivity index (χ0) is 15.9. The molecule has 0 fully saturated rings. The van der Waals surface area contributed by atoms with E-state index in [0.717, 1.165) is 5.56 Å². The lowest BCUT2D eigenvalue weighted by Crippen LogP contribution is -2.26. The number of benzene rings is 1. The largest absolute Gasteiger partial charge is 0.417 e. The summed E-state index contributed by atoms with van der Waals surface area (Å²) >= 11 is 0. The van der Waals surface area contributed by atoms with E-state index in [1.165, 1.54) is 24.6 Å². The van der Waals surface area contributed by atoms with Crippen molar-refractivity contribution in [3.8, 4) is 5.69 Å². The van der Waals surface area contributed by atoms with Gasteiger partial charge in [-0.1, -0.05) is 0 Å². The molecule has 6 heteroatoms. The number of aromatic nitrogens is 1. The number of halogens is 3. The second kappa shape index (κ2) is 4.95. The van der Waals surface area contributed by atoms with Crippen molar-refractivity contribution >= 4 is 5.69 Å². The lowest BCUT2D eigenvalue weighted by Gasteiger charge is -2.17. The fourth-order valence-corrected chi connectivity index (χ4v) is 2.46. The molecule has 0 saturated carbocycles. The van der Waals surface area contributed by atoms with Gasteiger partial charge in [-0.15, -0.1) is 0 Å². The standard InChI is InChI=1S/C15H15F3N2O/c1-8-6-11(19)4-5-12(8)20-7-9(2)13(15(16,17)18)10(3)14(20)21/h4-7H,19H2,1-3H3. The number of aryl methyl sites for hydroxylation is 2. The molecule has 0 saturated heterocycles. The molecule has 0 bridgehead atoms. The van der Waals surface area contributed by atoms with E-state index in [1.54, 1.807) is 25.1 Å². The third kappa shape index (κ3) is 2.66. The predicted octanol–water partition coefficient (Wildman–Crippen LogP) is 3.36. The average molecular weight is 296 g/mol. The Balaban J connectivity index is 2.77. The number of alkyl halides is 3. The van der Waals surface area contributed by atoms with Gasteiger partial charge in [-0.05, 0) is 50.1 Å². The smallest absolute Gasteiger partial charge is 0.399 e. The third-order valence-electron chi connectivity index (χ3n) is 3.40. The van der Waals surface area contributed by atoms with Crippen LogP contribution in [0.1, 0.15) is 22.3 Å². The van der Waals surface area contributed by atoms with Crippen molar-refractivity contribution in [2.75, 3.05) is 5.73 Å². The molecule has 2 aromatic rings. The average Bonchev–Trinajstić information content (AvgIpc) is 2.32. The second-order valence-electron chi connectivity index (χ2n) is 5.03. The van der Waals surface area contributed by atoms with Crippen LogP contribution in [0.3, 0.4) is 0 Å². The number of anilines is 1. The van der Waals surface area contributed by atoms with Crippen molar-refractivity contribution in [1.29, 1.82) is 0 Å². The lowest BCUT2D eigenvalue weighted by molar-refractivity contribution is -0.138. The van der Waals surface area contributed by atoms with Gasteiger partial charge in [-0.25, -0.2) is 0 Å². The minimum atomic E-state index is -4.54. The van der Waals surface area contributed by atoms with Crippen LogP contribution in [0.4, 0.5) is 18.9 Å². The minimum Gasteiger partial charge on any atom is -0.399 e. The minimum absolute atomic E-state index is 0.0100. The molecule has 2 rings (SSSR count). The van der Waals surface area contributed by atoms with Gasteiger partial charge in [0.15, 0.2) is 0 Å². The summed E-state index contributed by atoms with van der Waals surface area (Å²) in [6.07, 6.45) is -3.32. The molecule has 1 aromatic heterocycles. The van der Waals surface area contributed by atoms with E-state index in [1.807, 2.05) is 0 Å². The third-order valence-corrected chi connectivity index (χ3v) is 3.40. The first kappa shape index (κ1) is 15.2. The summed E-state index contributed by atoms with van der Waals surface area (Å²) in [7, 11) is 0. The summed E-state index contributed by atoms with van der Waals surface area (Å²) in [5, 5.41) is 0. The van der Waals surface area contributed by atoms with E-state index in [0.29, 0.717) is 11.4 Å². The molecule has 3 nitrogen and oxygen atoms in total. The molecule has 0 atom stereocenters. The Morgan fingerprint density at radius 2 is 1.71 bits per heavy atom. The van der Waals surface area contributed by atoms with E-state index in [4.69, 9.17) is 5.73 Å². The Morgan fingerprint density at radius 1 is 1.10 bits per heavy atom. The Hall–Kier alpha value is -2.24. The molecule has 0 spiro atoms. The first-order valence-corrected chi connectivity index (χ1v) is 6.29. The van der Waals surface area contributed by atoms with E-state index < -0.39 is 17.3 Å². The van der Waals surface area contributed by atoms with Crippen LogP contribution in [0, 0.1) is 20.8 Å². The maximum absolute atomic E-state index is 13.0. The maximum atomic E-state index is 13.0. The Labute approximate surface area is 119 Å². The first-order valence-electron chi connectivity index (χ1n) is 6.29. The molecule has 112 valence electrons. The molecular weight excluding hydrogens is 281 g/mol. The van der Waals surface area contributed by atoms with Crippen LogP contribution in [-0.2, 0) is 6.18 Å². The Bertz CT molecular complexity index is 761. The van der Waals surface area contributed by atoms with Gasteiger partial charge < -0.3 is 5.73 Å². The molecule has 1 aromatic carbocycles. The molecular formula is C15H15F3N2O. The van der Waals surface area contributed by atoms with E-state index in [9.17, 15) is 18.0 Å². The van der Waals surface area contributed by atoms with Crippen molar-refractivity contribution in [2.45, 2.75) is 26.9 Å². The molecule has 0 aliphatic carbocycles. The van der Waals surface area contributed by atoms with E-state index in [-0.39, 0.29) is 11.1 Å². The number of nitrogens with two attached hydrogens (primary N) is 1. The molecule has 21 heavy (non-hydrogen) atoms. The number of rotatable bonds is 1. The maximum Gasteiger partial charge on any atom is 0.417 e. The highest BCUT2D eigenvalue weighted by atomic mass is 19.4. The van der Waals surface area contributed by atoms with Crippen LogP contribution in [0.2, 0.25) is 0 Å². The zero-order valence-corrected chi connectivity index (χ0v) is 11.9. The van der Waals surface area contributed by atoms with Gasteiger partial charge >= 0.3 is 6.18 Å². The van der Waals surface area contributed by atoms with Gasteiger partial charge in [0.2, 0.25) is 0 Å². The molecule has 0 radical (unpaired) electrons. The SMILES string of the molecule is Cc1cc(N)ccc1-n1cc(C)c(C(F)(F)F)c(C)c1=O. The molecule has 0 aliphatic rings. The first-order chi connectivity index (χ1) is 9.62. The summed E-state index contributed by atoms with van der Waals surface area (Å²) in [6, 6.07) is 4.90. The van der Waals surface area contributed by atoms with Gasteiger partial charge in [-0.3, -0.25) is 9.36 Å². The van der Waals surface area contributed by atoms with Crippen molar-refractivity contribution in [3.05, 3.63) is 57.0 Å². The van der Waals surface area contributed by atoms with Crippen LogP contribution in [0.25, 0.3) is 5.69 Å². The van der Waals surface area contributed by atoms with Crippen molar-refractivity contribution in [3.63, 3.8) is 0 Å². The zero-order valence-electron chi connectivity index (χ0n) is 11.9. The van der Waals surface area contributed by atoms with Crippen molar-refractivity contribution in [2.24, 2.45) is 0 Å². The summed E-state index contributed by atoms with van der Waals surface area (Å²) < 4.78 is 40.2. The van der Waals surface area contributed by atoms with E-state index in [2.05, 4.69) is 0 Å². The van der Waals surface area contributed by atoms with Crippen LogP contribution >= 0.6 is 0 Å². The van der Waals surface area contributed by atoms with Crippen molar-refractivity contribution in [1.82, 2.24) is 4.57 Å². The van der Waals surface area contributed by atoms with Crippen LogP contribution < -0.4 is 11.3 Å². The van der Waals surface area contributed by atoms with Crippen LogP contribution in [0.15, 0.2) is 29.2 Å². The lowest BCUT2D eigenvalue weighted by atomic mass is 10.0. The highest BCUT2D eigenvalue weighted by Crippen LogP contribution is 2.33. The van der Waals surface area contributed by atoms with E-state index >= 15 is 0 Å². The molecule has 0 unspecified atom stereocenters. The summed E-state index contributed by atoms with van der Waals surface area (Å²) in [5.74, 6) is 0. The molecule has 1 heterocycles. The van der Waals surface area contributed by atoms with Crippen molar-refractivity contribution < 1.29 is 13.2 Å². The predicted molar refractivity (Wildman–Crippen MR) is 75.7 cm³/mol. The summed E-state index contributed by atoms with van der Waals surface area (Å²) in [4.78, 5) is 12.3. The van der Waals surface area contributed by atoms with Crippen LogP contribution in [0.5, 0.6) is 0 Å². The van der Waals surface area contributed by atoms with Gasteiger partial charge in [0.25, 0.3) is 5.56 Å². The number of nitrogens with zero attached hydrogens (tertiary/aromatic N) is 1. The highest BCUT2D eigenvalue weighted by Gasteiger charge is 2.35. The summed E-state index contributed by atoms with van der Waals surface area (Å²) in [5.41, 5.74) is 5.58. The molecule has 0 amide bonds. The topological polar surface area (TPSA) is 48.0 Å². The summed E-state index contributed by atoms with van der Waals surface area (Å²) in [6.45, 7) is 4.29. The van der Waals surface area contributed by atoms with Gasteiger partial charge in [-0.2, -0.15) is 13.2 Å². The second-order valence-corrected chi connectivity index (χ2v) is 5.03. The van der Waals surface area contributed by atoms with Crippen LogP contribution in [-0.4, -0.2) is 4.57 Å². The van der Waals surface area contributed by atoms with Gasteiger partial charge in [0, 0.05) is 17.4 Å². The normalized spacial score (nSPS) is 11.7.